The molecule has 22 heavy (non-hydrogen) atoms. The van der Waals surface area contributed by atoms with Crippen molar-refractivity contribution in [2.75, 3.05) is 14.2 Å². The number of allylic oxidation sites excluding steroid dienone is 1. The number of methoxy groups -OCH3 is 2. The van der Waals surface area contributed by atoms with Crippen molar-refractivity contribution in [1.82, 2.24) is 5.32 Å². The summed E-state index contributed by atoms with van der Waals surface area (Å²) in [5.74, 6) is 2.47. The summed E-state index contributed by atoms with van der Waals surface area (Å²) in [4.78, 5) is 23.3. The summed E-state index contributed by atoms with van der Waals surface area (Å²) in [6.07, 6.45) is 3.46. The van der Waals surface area contributed by atoms with E-state index >= 15 is 0 Å². The predicted molar refractivity (Wildman–Crippen MR) is 81.5 cm³/mol. The number of benzene rings is 1. The summed E-state index contributed by atoms with van der Waals surface area (Å²) in [7, 11) is 2.96. The molecular formula is C17H17NO4. The number of hydrogen-bond acceptors (Lipinski definition) is 4. The molecule has 1 atom stereocenters. The maximum absolute atomic E-state index is 12.1. The molecule has 0 saturated carbocycles. The Hall–Kier alpha value is -2.78. The van der Waals surface area contributed by atoms with Crippen LogP contribution in [0, 0.1) is 0 Å². The molecule has 0 aromatic heterocycles. The van der Waals surface area contributed by atoms with Gasteiger partial charge in [-0.05, 0) is 11.6 Å². The standard InChI is InChI=1S/C17H17NO4/c1-21-13-9-15(14(11-19)16(10-13)22-2)18-17(20)8-12-6-4-3-5-7-12/h3-7,9-10,15H,8H2,1-2H3,(H,18,20). The topological polar surface area (TPSA) is 64.6 Å². The highest BCUT2D eigenvalue weighted by Crippen LogP contribution is 2.22. The zero-order chi connectivity index (χ0) is 15.9. The summed E-state index contributed by atoms with van der Waals surface area (Å²) < 4.78 is 10.3. The maximum Gasteiger partial charge on any atom is 0.225 e. The normalized spacial score (nSPS) is 17.0. The molecule has 0 radical (unpaired) electrons. The molecule has 1 aliphatic carbocycles. The minimum absolute atomic E-state index is 0.201. The second kappa shape index (κ2) is 7.29. The van der Waals surface area contributed by atoms with Gasteiger partial charge in [-0.2, -0.15) is 0 Å². The molecule has 1 N–H and O–H groups in total. The zero-order valence-electron chi connectivity index (χ0n) is 12.5. The Kier molecular flexibility index (Phi) is 5.17. The van der Waals surface area contributed by atoms with Crippen molar-refractivity contribution in [2.45, 2.75) is 12.5 Å². The first-order chi connectivity index (χ1) is 10.7. The smallest absolute Gasteiger partial charge is 0.225 e. The Morgan fingerprint density at radius 2 is 1.95 bits per heavy atom. The molecule has 1 aromatic rings. The van der Waals surface area contributed by atoms with Crippen LogP contribution in [-0.4, -0.2) is 32.1 Å². The van der Waals surface area contributed by atoms with Crippen molar-refractivity contribution in [2.24, 2.45) is 0 Å². The Balaban J connectivity index is 2.13. The molecule has 0 aliphatic heterocycles. The van der Waals surface area contributed by atoms with Crippen LogP contribution in [0.15, 0.2) is 59.6 Å². The predicted octanol–water partition coefficient (Wildman–Crippen LogP) is 1.55. The van der Waals surface area contributed by atoms with Gasteiger partial charge in [0.25, 0.3) is 0 Å². The summed E-state index contributed by atoms with van der Waals surface area (Å²) in [6, 6.07) is 8.74. The molecule has 5 nitrogen and oxygen atoms in total. The molecule has 2 rings (SSSR count). The second-order valence-electron chi connectivity index (χ2n) is 4.71. The van der Waals surface area contributed by atoms with Crippen LogP contribution < -0.4 is 5.32 Å². The highest BCUT2D eigenvalue weighted by Gasteiger charge is 2.25. The van der Waals surface area contributed by atoms with E-state index in [0.717, 1.165) is 5.56 Å². The number of ether oxygens (including phenoxy) is 2. The van der Waals surface area contributed by atoms with Crippen LogP contribution in [0.3, 0.4) is 0 Å². The average molecular weight is 299 g/mol. The van der Waals surface area contributed by atoms with Crippen molar-refractivity contribution >= 4 is 11.8 Å². The first-order valence-corrected chi connectivity index (χ1v) is 6.78. The van der Waals surface area contributed by atoms with Crippen LogP contribution in [0.4, 0.5) is 0 Å². The van der Waals surface area contributed by atoms with Crippen LogP contribution in [-0.2, 0) is 25.5 Å². The van der Waals surface area contributed by atoms with E-state index in [1.165, 1.54) is 14.2 Å². The Morgan fingerprint density at radius 1 is 1.23 bits per heavy atom. The quantitative estimate of drug-likeness (QED) is 0.838. The number of carbonyl (C=O) groups excluding carboxylic acids is 2. The number of carbonyl (C=O) groups is 1. The Bertz CT molecular complexity index is 654. The lowest BCUT2D eigenvalue weighted by atomic mass is 10.00. The van der Waals surface area contributed by atoms with Crippen LogP contribution >= 0.6 is 0 Å². The lowest BCUT2D eigenvalue weighted by Gasteiger charge is -2.22. The molecule has 0 saturated heterocycles. The fraction of sp³-hybridized carbons (Fsp3) is 0.235. The lowest BCUT2D eigenvalue weighted by Crippen LogP contribution is -2.38. The molecule has 1 aromatic carbocycles. The minimum Gasteiger partial charge on any atom is -0.497 e. The van der Waals surface area contributed by atoms with Gasteiger partial charge in [0.15, 0.2) is 0 Å². The summed E-state index contributed by atoms with van der Waals surface area (Å²) in [6.45, 7) is 0. The van der Waals surface area contributed by atoms with Gasteiger partial charge in [-0.3, -0.25) is 4.79 Å². The molecule has 114 valence electrons. The lowest BCUT2D eigenvalue weighted by molar-refractivity contribution is -0.120. The monoisotopic (exact) mass is 299 g/mol. The van der Waals surface area contributed by atoms with Crippen molar-refractivity contribution < 1.29 is 19.1 Å². The Labute approximate surface area is 128 Å². The molecule has 1 unspecified atom stereocenters. The van der Waals surface area contributed by atoms with Gasteiger partial charge in [-0.25, -0.2) is 4.79 Å². The van der Waals surface area contributed by atoms with Gasteiger partial charge in [-0.1, -0.05) is 30.3 Å². The van der Waals surface area contributed by atoms with Gasteiger partial charge in [0.1, 0.15) is 23.0 Å². The molecule has 0 spiro atoms. The van der Waals surface area contributed by atoms with Crippen molar-refractivity contribution in [3.8, 4) is 0 Å². The van der Waals surface area contributed by atoms with E-state index in [-0.39, 0.29) is 17.9 Å². The van der Waals surface area contributed by atoms with Crippen molar-refractivity contribution in [3.05, 3.63) is 65.1 Å². The van der Waals surface area contributed by atoms with E-state index in [9.17, 15) is 9.59 Å². The zero-order valence-corrected chi connectivity index (χ0v) is 12.5. The third kappa shape index (κ3) is 3.65. The Morgan fingerprint density at radius 3 is 2.55 bits per heavy atom. The van der Waals surface area contributed by atoms with E-state index in [0.29, 0.717) is 11.5 Å². The largest absolute Gasteiger partial charge is 0.497 e. The third-order valence-corrected chi connectivity index (χ3v) is 3.27. The van der Waals surface area contributed by atoms with Crippen molar-refractivity contribution in [3.63, 3.8) is 0 Å². The molecular weight excluding hydrogens is 282 g/mol. The summed E-state index contributed by atoms with van der Waals surface area (Å²) in [5.41, 5.74) is 1.13. The molecule has 0 fully saturated rings. The van der Waals surface area contributed by atoms with E-state index in [4.69, 9.17) is 9.47 Å². The molecule has 0 bridgehead atoms. The maximum atomic E-state index is 12.1. The van der Waals surface area contributed by atoms with Crippen LogP contribution in [0.25, 0.3) is 0 Å². The highest BCUT2D eigenvalue weighted by atomic mass is 16.5. The number of nitrogens with one attached hydrogen (secondary N) is 1. The second-order valence-corrected chi connectivity index (χ2v) is 4.71. The number of rotatable bonds is 5. The van der Waals surface area contributed by atoms with E-state index in [2.05, 4.69) is 5.32 Å². The average Bonchev–Trinajstić information content (AvgIpc) is 2.54. The van der Waals surface area contributed by atoms with Gasteiger partial charge in [0.2, 0.25) is 5.91 Å². The van der Waals surface area contributed by atoms with Crippen molar-refractivity contribution in [1.29, 1.82) is 0 Å². The van der Waals surface area contributed by atoms with Crippen LogP contribution in [0.1, 0.15) is 5.56 Å². The fourth-order valence-electron chi connectivity index (χ4n) is 2.19. The van der Waals surface area contributed by atoms with E-state index < -0.39 is 6.04 Å². The van der Waals surface area contributed by atoms with Gasteiger partial charge in [0, 0.05) is 6.08 Å². The van der Waals surface area contributed by atoms with Gasteiger partial charge in [0.05, 0.1) is 26.7 Å². The highest BCUT2D eigenvalue weighted by molar-refractivity contribution is 5.81. The summed E-state index contributed by atoms with van der Waals surface area (Å²) in [5, 5.41) is 2.78. The first kappa shape index (κ1) is 15.6. The van der Waals surface area contributed by atoms with Crippen LogP contribution in [0.5, 0.6) is 0 Å². The summed E-state index contributed by atoms with van der Waals surface area (Å²) >= 11 is 0. The third-order valence-electron chi connectivity index (χ3n) is 3.27. The van der Waals surface area contributed by atoms with Gasteiger partial charge in [-0.15, -0.1) is 0 Å². The van der Waals surface area contributed by atoms with E-state index in [1.807, 2.05) is 36.3 Å². The first-order valence-electron chi connectivity index (χ1n) is 6.78. The van der Waals surface area contributed by atoms with Crippen LogP contribution in [0.2, 0.25) is 0 Å². The fourth-order valence-corrected chi connectivity index (χ4v) is 2.19. The molecule has 1 aliphatic rings. The molecule has 5 heteroatoms. The van der Waals surface area contributed by atoms with Gasteiger partial charge >= 0.3 is 0 Å². The molecule has 1 amide bonds. The molecule has 0 heterocycles. The minimum atomic E-state index is -0.622. The van der Waals surface area contributed by atoms with E-state index in [1.54, 1.807) is 12.2 Å². The SMILES string of the molecule is COC1=CC(NC(=O)Cc2ccccc2)C(=C=O)C(OC)=C1. The number of hydrogen-bond donors (Lipinski definition) is 1. The van der Waals surface area contributed by atoms with Gasteiger partial charge < -0.3 is 14.8 Å². The number of amides is 1.